The van der Waals surface area contributed by atoms with Gasteiger partial charge in [0.1, 0.15) is 0 Å². The predicted octanol–water partition coefficient (Wildman–Crippen LogP) is 1.98. The number of nitrogens with one attached hydrogen (secondary N) is 1. The molecule has 2 heterocycles. The minimum absolute atomic E-state index is 0.639. The van der Waals surface area contributed by atoms with Gasteiger partial charge in [-0.2, -0.15) is 0 Å². The van der Waals surface area contributed by atoms with Crippen molar-refractivity contribution in [3.05, 3.63) is 15.5 Å². The van der Waals surface area contributed by atoms with E-state index >= 15 is 0 Å². The predicted molar refractivity (Wildman–Crippen MR) is 64.5 cm³/mol. The van der Waals surface area contributed by atoms with Crippen LogP contribution in [-0.2, 0) is 6.54 Å². The monoisotopic (exact) mass is 245 g/mol. The average molecular weight is 246 g/mol. The average Bonchev–Trinajstić information content (AvgIpc) is 2.65. The second-order valence-electron chi connectivity index (χ2n) is 3.99. The minimum atomic E-state index is 0.639. The van der Waals surface area contributed by atoms with Crippen molar-refractivity contribution in [2.45, 2.75) is 25.4 Å². The van der Waals surface area contributed by atoms with Crippen LogP contribution in [0.15, 0.2) is 6.20 Å². The second-order valence-corrected chi connectivity index (χ2v) is 5.69. The summed E-state index contributed by atoms with van der Waals surface area (Å²) in [6, 6.07) is 0.652. The normalized spacial score (nSPS) is 22.2. The first-order valence-electron chi connectivity index (χ1n) is 5.27. The van der Waals surface area contributed by atoms with Crippen LogP contribution in [0.3, 0.4) is 0 Å². The van der Waals surface area contributed by atoms with Gasteiger partial charge < -0.3 is 5.32 Å². The molecule has 0 amide bonds. The maximum Gasteiger partial charge on any atom is 0.183 e. The molecule has 0 aliphatic carbocycles. The number of hydrogen-bond acceptors (Lipinski definition) is 4. The third-order valence-electron chi connectivity index (χ3n) is 2.82. The lowest BCUT2D eigenvalue weighted by atomic mass is 10.1. The fraction of sp³-hybridized carbons (Fsp3) is 0.700. The maximum atomic E-state index is 5.81. The first kappa shape index (κ1) is 11.3. The molecule has 1 aromatic heterocycles. The lowest BCUT2D eigenvalue weighted by molar-refractivity contribution is 0.197. The summed E-state index contributed by atoms with van der Waals surface area (Å²) in [5.74, 6) is 0. The highest BCUT2D eigenvalue weighted by atomic mass is 35.5. The standard InChI is InChI=1S/C10H16ClN3S/c1-14(8-3-2-4-12-5-8)7-9-6-13-10(11)15-9/h6,8,12H,2-5,7H2,1H3/t8-/m0/s1. The Labute approximate surface area is 99.5 Å². The Morgan fingerprint density at radius 3 is 3.20 bits per heavy atom. The van der Waals surface area contributed by atoms with Crippen LogP contribution in [0.2, 0.25) is 4.47 Å². The molecular formula is C10H16ClN3S. The molecular weight excluding hydrogens is 230 g/mol. The number of nitrogens with zero attached hydrogens (tertiary/aromatic N) is 2. The van der Waals surface area contributed by atoms with E-state index in [9.17, 15) is 0 Å². The van der Waals surface area contributed by atoms with Crippen molar-refractivity contribution >= 4 is 22.9 Å². The summed E-state index contributed by atoms with van der Waals surface area (Å²) in [5, 5.41) is 3.43. The van der Waals surface area contributed by atoms with Gasteiger partial charge >= 0.3 is 0 Å². The van der Waals surface area contributed by atoms with Crippen LogP contribution in [0.5, 0.6) is 0 Å². The molecule has 1 fully saturated rings. The van der Waals surface area contributed by atoms with Crippen LogP contribution in [0, 0.1) is 0 Å². The topological polar surface area (TPSA) is 28.2 Å². The van der Waals surface area contributed by atoms with Gasteiger partial charge in [-0.25, -0.2) is 4.98 Å². The highest BCUT2D eigenvalue weighted by molar-refractivity contribution is 7.15. The number of likely N-dealkylation sites (N-methyl/N-ethyl adjacent to an activating group) is 1. The molecule has 5 heteroatoms. The van der Waals surface area contributed by atoms with Gasteiger partial charge in [0, 0.05) is 30.2 Å². The van der Waals surface area contributed by atoms with Gasteiger partial charge in [0.15, 0.2) is 4.47 Å². The van der Waals surface area contributed by atoms with Crippen LogP contribution in [-0.4, -0.2) is 36.1 Å². The van der Waals surface area contributed by atoms with Crippen LogP contribution < -0.4 is 5.32 Å². The van der Waals surface area contributed by atoms with E-state index in [1.807, 2.05) is 6.20 Å². The molecule has 1 atom stereocenters. The van der Waals surface area contributed by atoms with Crippen molar-refractivity contribution in [1.29, 1.82) is 0 Å². The smallest absolute Gasteiger partial charge is 0.183 e. The van der Waals surface area contributed by atoms with Crippen LogP contribution in [0.1, 0.15) is 17.7 Å². The first-order valence-corrected chi connectivity index (χ1v) is 6.46. The Morgan fingerprint density at radius 2 is 2.60 bits per heavy atom. The van der Waals surface area contributed by atoms with Gasteiger partial charge in [-0.15, -0.1) is 11.3 Å². The fourth-order valence-corrected chi connectivity index (χ4v) is 2.98. The number of aromatic nitrogens is 1. The summed E-state index contributed by atoms with van der Waals surface area (Å²) in [6.07, 6.45) is 4.44. The van der Waals surface area contributed by atoms with E-state index < -0.39 is 0 Å². The first-order chi connectivity index (χ1) is 7.25. The SMILES string of the molecule is CN(Cc1cnc(Cl)s1)[C@H]1CCCNC1. The Hall–Kier alpha value is -0.160. The molecule has 15 heavy (non-hydrogen) atoms. The highest BCUT2D eigenvalue weighted by Gasteiger charge is 2.18. The number of piperidine rings is 1. The zero-order valence-electron chi connectivity index (χ0n) is 8.87. The molecule has 1 N–H and O–H groups in total. The summed E-state index contributed by atoms with van der Waals surface area (Å²) in [4.78, 5) is 7.68. The summed E-state index contributed by atoms with van der Waals surface area (Å²) < 4.78 is 0.639. The van der Waals surface area contributed by atoms with Gasteiger partial charge in [-0.05, 0) is 26.4 Å². The van der Waals surface area contributed by atoms with E-state index in [2.05, 4.69) is 22.2 Å². The number of rotatable bonds is 3. The van der Waals surface area contributed by atoms with Gasteiger partial charge in [0.25, 0.3) is 0 Å². The molecule has 0 saturated carbocycles. The van der Waals surface area contributed by atoms with E-state index in [4.69, 9.17) is 11.6 Å². The fourth-order valence-electron chi connectivity index (χ4n) is 1.94. The molecule has 0 aromatic carbocycles. The molecule has 0 unspecified atom stereocenters. The van der Waals surface area contributed by atoms with E-state index in [1.54, 1.807) is 11.3 Å². The Kier molecular flexibility index (Phi) is 3.97. The Balaban J connectivity index is 1.88. The molecule has 1 aromatic rings. The quantitative estimate of drug-likeness (QED) is 0.883. The van der Waals surface area contributed by atoms with Crippen LogP contribution in [0.25, 0.3) is 0 Å². The van der Waals surface area contributed by atoms with Crippen molar-refractivity contribution in [2.75, 3.05) is 20.1 Å². The molecule has 0 bridgehead atoms. The maximum absolute atomic E-state index is 5.81. The second kappa shape index (κ2) is 5.25. The lowest BCUT2D eigenvalue weighted by Gasteiger charge is -2.31. The van der Waals surface area contributed by atoms with Crippen molar-refractivity contribution in [3.63, 3.8) is 0 Å². The largest absolute Gasteiger partial charge is 0.315 e. The van der Waals surface area contributed by atoms with Crippen molar-refractivity contribution in [1.82, 2.24) is 15.2 Å². The zero-order chi connectivity index (χ0) is 10.7. The number of hydrogen-bond donors (Lipinski definition) is 1. The Morgan fingerprint density at radius 1 is 1.73 bits per heavy atom. The molecule has 84 valence electrons. The third kappa shape index (κ3) is 3.14. The van der Waals surface area contributed by atoms with Gasteiger partial charge in [-0.3, -0.25) is 4.90 Å². The number of halogens is 1. The summed E-state index contributed by atoms with van der Waals surface area (Å²) in [7, 11) is 2.17. The summed E-state index contributed by atoms with van der Waals surface area (Å²) in [5.41, 5.74) is 0. The molecule has 1 aliphatic rings. The van der Waals surface area contributed by atoms with E-state index in [0.29, 0.717) is 10.5 Å². The lowest BCUT2D eigenvalue weighted by Crippen LogP contribution is -2.43. The number of thiazole rings is 1. The molecule has 2 rings (SSSR count). The van der Waals surface area contributed by atoms with Crippen molar-refractivity contribution in [3.8, 4) is 0 Å². The van der Waals surface area contributed by atoms with E-state index in [-0.39, 0.29) is 0 Å². The van der Waals surface area contributed by atoms with Gasteiger partial charge in [-0.1, -0.05) is 11.6 Å². The highest BCUT2D eigenvalue weighted by Crippen LogP contribution is 2.20. The molecule has 0 radical (unpaired) electrons. The molecule has 1 aliphatic heterocycles. The van der Waals surface area contributed by atoms with E-state index in [1.165, 1.54) is 17.7 Å². The summed E-state index contributed by atoms with van der Waals surface area (Å²) in [6.45, 7) is 3.22. The van der Waals surface area contributed by atoms with Gasteiger partial charge in [0.05, 0.1) is 0 Å². The molecule has 0 spiro atoms. The van der Waals surface area contributed by atoms with Gasteiger partial charge in [0.2, 0.25) is 0 Å². The zero-order valence-corrected chi connectivity index (χ0v) is 10.4. The Bertz CT molecular complexity index is 309. The minimum Gasteiger partial charge on any atom is -0.315 e. The third-order valence-corrected chi connectivity index (χ3v) is 3.92. The van der Waals surface area contributed by atoms with Crippen LogP contribution >= 0.6 is 22.9 Å². The van der Waals surface area contributed by atoms with Crippen molar-refractivity contribution in [2.24, 2.45) is 0 Å². The van der Waals surface area contributed by atoms with E-state index in [0.717, 1.165) is 19.6 Å². The molecule has 1 saturated heterocycles. The molecule has 3 nitrogen and oxygen atoms in total. The van der Waals surface area contributed by atoms with Crippen molar-refractivity contribution < 1.29 is 0 Å². The van der Waals surface area contributed by atoms with Crippen LogP contribution in [0.4, 0.5) is 0 Å². The summed E-state index contributed by atoms with van der Waals surface area (Å²) >= 11 is 7.38.